The van der Waals surface area contributed by atoms with Gasteiger partial charge in [-0.3, -0.25) is 4.55 Å². The largest absolute Gasteiger partial charge is 0.287 e. The zero-order valence-corrected chi connectivity index (χ0v) is 5.80. The molecule has 3 nitrogen and oxygen atoms in total. The molecule has 0 unspecified atom stereocenters. The number of hydrogen-bond donors (Lipinski definition) is 1. The van der Waals surface area contributed by atoms with Gasteiger partial charge in [0.05, 0.1) is 5.41 Å². The molecule has 0 aromatic rings. The van der Waals surface area contributed by atoms with E-state index in [1.807, 2.05) is 0 Å². The number of hydrogen-bond acceptors (Lipinski definition) is 2. The second kappa shape index (κ2) is 3.42. The van der Waals surface area contributed by atoms with Crippen molar-refractivity contribution in [2.45, 2.75) is 6.92 Å². The summed E-state index contributed by atoms with van der Waals surface area (Å²) in [6.07, 6.45) is 4.41. The predicted molar refractivity (Wildman–Crippen MR) is 35.5 cm³/mol. The Bertz CT molecular complexity index is 210. The summed E-state index contributed by atoms with van der Waals surface area (Å²) in [6, 6.07) is 0. The van der Waals surface area contributed by atoms with E-state index >= 15 is 0 Å². The highest BCUT2D eigenvalue weighted by atomic mass is 32.2. The molecule has 0 aliphatic heterocycles. The van der Waals surface area contributed by atoms with E-state index in [2.05, 4.69) is 0 Å². The Labute approximate surface area is 54.4 Å². The van der Waals surface area contributed by atoms with Crippen LogP contribution in [0.3, 0.4) is 0 Å². The average molecular weight is 148 g/mol. The molecule has 0 heterocycles. The molecule has 52 valence electrons. The molecular formula is C5H8O3S. The van der Waals surface area contributed by atoms with E-state index in [4.69, 9.17) is 4.55 Å². The van der Waals surface area contributed by atoms with Gasteiger partial charge in [-0.15, -0.1) is 0 Å². The van der Waals surface area contributed by atoms with E-state index in [9.17, 15) is 8.42 Å². The van der Waals surface area contributed by atoms with Gasteiger partial charge in [0.15, 0.2) is 0 Å². The molecule has 0 aliphatic carbocycles. The van der Waals surface area contributed by atoms with Crippen LogP contribution in [0.2, 0.25) is 0 Å². The second-order valence-corrected chi connectivity index (χ2v) is 2.67. The monoisotopic (exact) mass is 148 g/mol. The van der Waals surface area contributed by atoms with Gasteiger partial charge in [0.2, 0.25) is 0 Å². The highest BCUT2D eigenvalue weighted by Crippen LogP contribution is 1.84. The number of allylic oxidation sites excluding steroid dienone is 3. The Morgan fingerprint density at radius 1 is 1.33 bits per heavy atom. The van der Waals surface area contributed by atoms with Crippen molar-refractivity contribution >= 4 is 10.1 Å². The van der Waals surface area contributed by atoms with Gasteiger partial charge in [-0.1, -0.05) is 12.2 Å². The number of rotatable bonds is 2. The fraction of sp³-hybridized carbons (Fsp3) is 0.200. The fourth-order valence-corrected chi connectivity index (χ4v) is 0.545. The normalized spacial score (nSPS) is 13.6. The van der Waals surface area contributed by atoms with Gasteiger partial charge in [-0.2, -0.15) is 8.42 Å². The molecule has 0 aliphatic rings. The van der Waals surface area contributed by atoms with E-state index in [0.29, 0.717) is 5.41 Å². The van der Waals surface area contributed by atoms with E-state index in [-0.39, 0.29) is 0 Å². The maximum Gasteiger partial charge on any atom is 0.287 e. The molecule has 0 saturated carbocycles. The molecule has 0 aromatic carbocycles. The minimum Gasteiger partial charge on any atom is -0.282 e. The maximum atomic E-state index is 9.94. The van der Waals surface area contributed by atoms with E-state index in [0.717, 1.165) is 0 Å². The highest BCUT2D eigenvalue weighted by molar-refractivity contribution is 7.88. The lowest BCUT2D eigenvalue weighted by atomic mass is 10.5. The van der Waals surface area contributed by atoms with Crippen molar-refractivity contribution < 1.29 is 13.0 Å². The van der Waals surface area contributed by atoms with Crippen LogP contribution in [0.5, 0.6) is 0 Å². The zero-order chi connectivity index (χ0) is 7.33. The first kappa shape index (κ1) is 8.39. The second-order valence-electron chi connectivity index (χ2n) is 1.37. The maximum absolute atomic E-state index is 9.94. The van der Waals surface area contributed by atoms with Crippen molar-refractivity contribution in [2.24, 2.45) is 0 Å². The van der Waals surface area contributed by atoms with Crippen molar-refractivity contribution in [1.82, 2.24) is 0 Å². The minimum atomic E-state index is -3.93. The first-order chi connectivity index (χ1) is 4.06. The third-order valence-corrected chi connectivity index (χ3v) is 1.06. The van der Waals surface area contributed by atoms with Crippen LogP contribution in [0, 0.1) is 0 Å². The lowest BCUT2D eigenvalue weighted by Gasteiger charge is -1.78. The Morgan fingerprint density at radius 2 is 1.89 bits per heavy atom. The quantitative estimate of drug-likeness (QED) is 0.469. The predicted octanol–water partition coefficient (Wildman–Crippen LogP) is 0.964. The van der Waals surface area contributed by atoms with Crippen LogP contribution in [0.25, 0.3) is 0 Å². The summed E-state index contributed by atoms with van der Waals surface area (Å²) in [5, 5.41) is 0.715. The van der Waals surface area contributed by atoms with Crippen molar-refractivity contribution in [3.8, 4) is 0 Å². The first-order valence-corrected chi connectivity index (χ1v) is 3.83. The van der Waals surface area contributed by atoms with E-state index in [1.165, 1.54) is 12.2 Å². The van der Waals surface area contributed by atoms with Gasteiger partial charge in [0.25, 0.3) is 10.1 Å². The standard InChI is InChI=1S/C5H8O3S/c1-2-3-4-5-9(6,7)8/h2-5H,1H3,(H,6,7,8)/b3-2+,5-4+. The topological polar surface area (TPSA) is 54.4 Å². The molecule has 0 aromatic heterocycles. The molecule has 1 N–H and O–H groups in total. The smallest absolute Gasteiger partial charge is 0.282 e. The van der Waals surface area contributed by atoms with Crippen molar-refractivity contribution in [2.75, 3.05) is 0 Å². The Balaban J connectivity index is 4.03. The molecule has 0 saturated heterocycles. The summed E-state index contributed by atoms with van der Waals surface area (Å²) in [7, 11) is -3.93. The SMILES string of the molecule is C/C=C/C=C/S(=O)(=O)O. The van der Waals surface area contributed by atoms with Crippen LogP contribution in [0.15, 0.2) is 23.6 Å². The van der Waals surface area contributed by atoms with Crippen molar-refractivity contribution in [3.63, 3.8) is 0 Å². The summed E-state index contributed by atoms with van der Waals surface area (Å²) < 4.78 is 28.0. The van der Waals surface area contributed by atoms with Crippen LogP contribution in [-0.2, 0) is 10.1 Å². The molecule has 0 rings (SSSR count). The average Bonchev–Trinajstić information content (AvgIpc) is 1.63. The molecule has 0 amide bonds. The Kier molecular flexibility index (Phi) is 3.19. The summed E-state index contributed by atoms with van der Waals surface area (Å²) in [6.45, 7) is 1.74. The Morgan fingerprint density at radius 3 is 2.22 bits per heavy atom. The van der Waals surface area contributed by atoms with Crippen LogP contribution >= 0.6 is 0 Å². The molecule has 0 radical (unpaired) electrons. The van der Waals surface area contributed by atoms with Crippen LogP contribution < -0.4 is 0 Å². The lowest BCUT2D eigenvalue weighted by Crippen LogP contribution is -1.87. The molecule has 4 heteroatoms. The molecule has 0 atom stereocenters. The molecular weight excluding hydrogens is 140 g/mol. The highest BCUT2D eigenvalue weighted by Gasteiger charge is 1.90. The van der Waals surface area contributed by atoms with Gasteiger partial charge in [-0.05, 0) is 13.0 Å². The summed E-state index contributed by atoms with van der Waals surface area (Å²) >= 11 is 0. The van der Waals surface area contributed by atoms with Gasteiger partial charge < -0.3 is 0 Å². The lowest BCUT2D eigenvalue weighted by molar-refractivity contribution is 0.494. The summed E-state index contributed by atoms with van der Waals surface area (Å²) in [5.74, 6) is 0. The molecule has 9 heavy (non-hydrogen) atoms. The van der Waals surface area contributed by atoms with Gasteiger partial charge in [-0.25, -0.2) is 0 Å². The first-order valence-electron chi connectivity index (χ1n) is 2.33. The van der Waals surface area contributed by atoms with Gasteiger partial charge >= 0.3 is 0 Å². The van der Waals surface area contributed by atoms with E-state index in [1.54, 1.807) is 13.0 Å². The van der Waals surface area contributed by atoms with E-state index < -0.39 is 10.1 Å². The summed E-state index contributed by atoms with van der Waals surface area (Å²) in [5.41, 5.74) is 0. The zero-order valence-electron chi connectivity index (χ0n) is 4.98. The third-order valence-electron chi connectivity index (χ3n) is 0.554. The van der Waals surface area contributed by atoms with Crippen LogP contribution in [0.1, 0.15) is 6.92 Å². The third kappa shape index (κ3) is 7.39. The van der Waals surface area contributed by atoms with Gasteiger partial charge in [0, 0.05) is 0 Å². The van der Waals surface area contributed by atoms with Gasteiger partial charge in [0.1, 0.15) is 0 Å². The minimum absolute atomic E-state index is 0.715. The van der Waals surface area contributed by atoms with Crippen molar-refractivity contribution in [3.05, 3.63) is 23.6 Å². The van der Waals surface area contributed by atoms with Crippen LogP contribution in [0.4, 0.5) is 0 Å². The Hall–Kier alpha value is -0.610. The molecule has 0 bridgehead atoms. The molecule has 0 fully saturated rings. The fourth-order valence-electron chi connectivity index (χ4n) is 0.256. The molecule has 0 spiro atoms. The van der Waals surface area contributed by atoms with Crippen molar-refractivity contribution in [1.29, 1.82) is 0 Å². The summed E-state index contributed by atoms with van der Waals surface area (Å²) in [4.78, 5) is 0. The van der Waals surface area contributed by atoms with Crippen LogP contribution in [-0.4, -0.2) is 13.0 Å².